The van der Waals surface area contributed by atoms with E-state index in [0.717, 1.165) is 11.0 Å². The number of Topliss-reactive ketones (excluding diaryl/α,β-unsaturated/α-hetero) is 1. The Hall–Kier alpha value is -3.53. The van der Waals surface area contributed by atoms with Crippen molar-refractivity contribution < 1.29 is 73.8 Å². The molecule has 0 radical (unpaired) electrons. The fraction of sp³-hybridized carbons (Fsp3) is 0.486. The van der Waals surface area contributed by atoms with Crippen LogP contribution in [0.1, 0.15) is 20.3 Å². The SMILES string of the molecule is C\C(Cl)=C/C=C/C(Cl)=C\C=C\C=C\C=C\C=C\C(O)=C1\C(=O)[C@H](CC(N)=O)N([C@@H]2OC[C@@H](O)[C@H](O)[C@H]2O[C@@H]2OC[C@@H](O[C@@H]3O[C@H](C)[C@@H](O)[C@@H]3O)[C@@H](O)[C@@H]2O)C1=O. The van der Waals surface area contributed by atoms with Gasteiger partial charge in [-0.15, -0.1) is 0 Å². The van der Waals surface area contributed by atoms with Crippen LogP contribution in [0.15, 0.2) is 94.3 Å². The number of primary amides is 1. The highest BCUT2D eigenvalue weighted by Gasteiger charge is 2.56. The molecule has 0 spiro atoms. The van der Waals surface area contributed by atoms with Gasteiger partial charge in [0.05, 0.1) is 25.7 Å². The van der Waals surface area contributed by atoms with Gasteiger partial charge in [0.1, 0.15) is 66.2 Å². The molecular formula is C37H46Cl2N2O15. The average Bonchev–Trinajstić information content (AvgIpc) is 3.52. The fourth-order valence-corrected chi connectivity index (χ4v) is 6.25. The van der Waals surface area contributed by atoms with E-state index >= 15 is 0 Å². The number of nitrogens with zero attached hydrogens (tertiary/aromatic N) is 1. The van der Waals surface area contributed by atoms with Crippen LogP contribution in [0.2, 0.25) is 0 Å². The Kier molecular flexibility index (Phi) is 16.7. The lowest BCUT2D eigenvalue weighted by atomic mass is 10.0. The molecule has 0 unspecified atom stereocenters. The molecule has 308 valence electrons. The molecular weight excluding hydrogens is 783 g/mol. The molecule has 0 saturated carbocycles. The minimum absolute atomic E-state index is 0.464. The van der Waals surface area contributed by atoms with E-state index in [2.05, 4.69) is 0 Å². The van der Waals surface area contributed by atoms with Crippen molar-refractivity contribution in [3.05, 3.63) is 94.3 Å². The molecule has 9 N–H and O–H groups in total. The predicted molar refractivity (Wildman–Crippen MR) is 198 cm³/mol. The predicted octanol–water partition coefficient (Wildman–Crippen LogP) is -0.107. The highest BCUT2D eigenvalue weighted by Crippen LogP contribution is 2.35. The number of hydrogen-bond acceptors (Lipinski definition) is 15. The molecule has 0 aromatic carbocycles. The summed E-state index contributed by atoms with van der Waals surface area (Å²) >= 11 is 11.8. The van der Waals surface area contributed by atoms with Gasteiger partial charge in [0.2, 0.25) is 5.91 Å². The molecule has 0 aromatic heterocycles. The van der Waals surface area contributed by atoms with Gasteiger partial charge >= 0.3 is 0 Å². The van der Waals surface area contributed by atoms with E-state index in [9.17, 15) is 50.1 Å². The fourth-order valence-electron chi connectivity index (χ4n) is 6.03. The third-order valence-electron chi connectivity index (χ3n) is 8.96. The molecule has 4 fully saturated rings. The maximum Gasteiger partial charge on any atom is 0.264 e. The molecule has 13 atom stereocenters. The molecule has 2 amide bonds. The summed E-state index contributed by atoms with van der Waals surface area (Å²) in [6, 6.07) is -1.63. The van der Waals surface area contributed by atoms with Crippen LogP contribution >= 0.6 is 23.2 Å². The Bertz CT molecular complexity index is 1670. The van der Waals surface area contributed by atoms with E-state index in [-0.39, 0.29) is 0 Å². The number of aliphatic hydroxyl groups is 7. The van der Waals surface area contributed by atoms with E-state index in [4.69, 9.17) is 52.6 Å². The first-order chi connectivity index (χ1) is 26.5. The number of nitrogens with two attached hydrogens (primary N) is 1. The maximum absolute atomic E-state index is 13.8. The number of likely N-dealkylation sites (tertiary alicyclic amines) is 1. The second-order valence-electron chi connectivity index (χ2n) is 13.1. The standard InChI is InChI=1S/C37H46Cl2N2O15/c1-18(38)11-10-13-20(39)12-8-6-4-3-5-7-9-14-22(42)26-28(46)21(15-25(40)44)41(34(26)51)35-33(29(47)23(43)16-52-35)56-36-32(50)30(48)24(17-53-36)55-37-31(49)27(45)19(2)54-37/h3-14,19,21,23-24,27,29-33,35-37,42-43,45,47-50H,15-17H2,1-2H3,(H2,40,44)/b4-3+,7-5+,8-6+,13-10+,14-9+,18-11+,20-12+,26-22+/t19-,21+,23-,24-,27-,29+,30-,31+,32+,33-,35-,36+,37+/m1/s1. The van der Waals surface area contributed by atoms with Crippen molar-refractivity contribution in [2.24, 2.45) is 5.73 Å². The normalized spacial score (nSPS) is 37.5. The molecule has 17 nitrogen and oxygen atoms in total. The number of hydrogen-bond donors (Lipinski definition) is 8. The van der Waals surface area contributed by atoms with E-state index in [1.54, 1.807) is 61.6 Å². The molecule has 4 saturated heterocycles. The van der Waals surface area contributed by atoms with Crippen LogP contribution in [0.4, 0.5) is 0 Å². The van der Waals surface area contributed by atoms with Gasteiger partial charge in [0, 0.05) is 10.1 Å². The van der Waals surface area contributed by atoms with Crippen molar-refractivity contribution in [3.8, 4) is 0 Å². The van der Waals surface area contributed by atoms with Crippen LogP contribution < -0.4 is 5.73 Å². The summed E-state index contributed by atoms with van der Waals surface area (Å²) < 4.78 is 27.9. The Morgan fingerprint density at radius 1 is 0.821 bits per heavy atom. The highest BCUT2D eigenvalue weighted by atomic mass is 35.5. The van der Waals surface area contributed by atoms with Gasteiger partial charge in [-0.2, -0.15) is 0 Å². The van der Waals surface area contributed by atoms with Crippen LogP contribution in [0.25, 0.3) is 0 Å². The number of carbonyl (C=O) groups is 3. The zero-order chi connectivity index (χ0) is 41.3. The van der Waals surface area contributed by atoms with Gasteiger partial charge in [-0.1, -0.05) is 71.8 Å². The minimum atomic E-state index is -1.89. The Labute approximate surface area is 332 Å². The zero-order valence-corrected chi connectivity index (χ0v) is 31.7. The summed E-state index contributed by atoms with van der Waals surface area (Å²) in [5, 5.41) is 75.2. The molecule has 0 bridgehead atoms. The number of aliphatic hydroxyl groups excluding tert-OH is 7. The summed E-state index contributed by atoms with van der Waals surface area (Å²) in [4.78, 5) is 40.2. The van der Waals surface area contributed by atoms with E-state index in [1.807, 2.05) is 0 Å². The van der Waals surface area contributed by atoms with Crippen molar-refractivity contribution in [1.29, 1.82) is 0 Å². The summed E-state index contributed by atoms with van der Waals surface area (Å²) in [7, 11) is 0. The van der Waals surface area contributed by atoms with Crippen molar-refractivity contribution >= 4 is 40.8 Å². The van der Waals surface area contributed by atoms with E-state index < -0.39 is 128 Å². The number of amides is 2. The number of allylic oxidation sites excluding steroid dienone is 14. The van der Waals surface area contributed by atoms with Crippen LogP contribution in [-0.2, 0) is 38.1 Å². The quantitative estimate of drug-likeness (QED) is 0.0492. The first kappa shape index (κ1) is 45.2. The second kappa shape index (κ2) is 20.8. The third-order valence-corrected chi connectivity index (χ3v) is 9.34. The lowest BCUT2D eigenvalue weighted by Crippen LogP contribution is -2.65. The summed E-state index contributed by atoms with van der Waals surface area (Å²) in [6.07, 6.45) is -0.244. The van der Waals surface area contributed by atoms with Crippen LogP contribution in [0, 0.1) is 0 Å². The molecule has 4 heterocycles. The van der Waals surface area contributed by atoms with Crippen molar-refractivity contribution in [2.45, 2.75) is 100 Å². The highest BCUT2D eigenvalue weighted by molar-refractivity contribution is 6.31. The largest absolute Gasteiger partial charge is 0.507 e. The first-order valence-electron chi connectivity index (χ1n) is 17.4. The van der Waals surface area contributed by atoms with Gasteiger partial charge in [0.15, 0.2) is 24.6 Å². The van der Waals surface area contributed by atoms with Crippen LogP contribution in [-0.4, -0.2) is 151 Å². The zero-order valence-electron chi connectivity index (χ0n) is 30.2. The molecule has 4 rings (SSSR count). The first-order valence-corrected chi connectivity index (χ1v) is 18.2. The van der Waals surface area contributed by atoms with Gasteiger partial charge in [0.25, 0.3) is 5.91 Å². The monoisotopic (exact) mass is 828 g/mol. The molecule has 4 aliphatic rings. The summed E-state index contributed by atoms with van der Waals surface area (Å²) in [5.41, 5.74) is 4.68. The summed E-state index contributed by atoms with van der Waals surface area (Å²) in [6.45, 7) is 2.19. The van der Waals surface area contributed by atoms with Gasteiger partial charge in [-0.05, 0) is 38.2 Å². The summed E-state index contributed by atoms with van der Waals surface area (Å²) in [5.74, 6) is -3.88. The van der Waals surface area contributed by atoms with Crippen LogP contribution in [0.3, 0.4) is 0 Å². The molecule has 0 aromatic rings. The lowest BCUT2D eigenvalue weighted by Gasteiger charge is -2.46. The average molecular weight is 830 g/mol. The maximum atomic E-state index is 13.8. The van der Waals surface area contributed by atoms with Gasteiger partial charge in [-0.3, -0.25) is 19.3 Å². The molecule has 4 aliphatic heterocycles. The smallest absolute Gasteiger partial charge is 0.264 e. The molecule has 19 heteroatoms. The number of ether oxygens (including phenoxy) is 5. The van der Waals surface area contributed by atoms with Crippen molar-refractivity contribution in [2.75, 3.05) is 13.2 Å². The molecule has 0 aliphatic carbocycles. The Balaban J connectivity index is 1.48. The van der Waals surface area contributed by atoms with E-state index in [1.165, 1.54) is 19.1 Å². The van der Waals surface area contributed by atoms with Crippen LogP contribution in [0.5, 0.6) is 0 Å². The number of rotatable bonds is 14. The lowest BCUT2D eigenvalue weighted by molar-refractivity contribution is -0.338. The second-order valence-corrected chi connectivity index (χ2v) is 14.2. The Morgan fingerprint density at radius 2 is 1.46 bits per heavy atom. The third kappa shape index (κ3) is 11.3. The van der Waals surface area contributed by atoms with Gasteiger partial charge < -0.3 is 65.2 Å². The number of carbonyl (C=O) groups excluding carboxylic acids is 3. The van der Waals surface area contributed by atoms with Crippen molar-refractivity contribution in [3.63, 3.8) is 0 Å². The van der Waals surface area contributed by atoms with Gasteiger partial charge in [-0.25, -0.2) is 0 Å². The Morgan fingerprint density at radius 3 is 2.09 bits per heavy atom. The minimum Gasteiger partial charge on any atom is -0.507 e. The van der Waals surface area contributed by atoms with E-state index in [0.29, 0.717) is 10.1 Å². The molecule has 56 heavy (non-hydrogen) atoms. The number of ketones is 1. The topological polar surface area (TPSA) is 268 Å². The number of halogens is 2. The van der Waals surface area contributed by atoms with Crippen molar-refractivity contribution in [1.82, 2.24) is 4.90 Å².